The molecular weight excluding hydrogens is 601 g/mol. The fraction of sp³-hybridized carbons (Fsp3) is 0. The van der Waals surface area contributed by atoms with Crippen LogP contribution in [0.4, 0.5) is 0 Å². The van der Waals surface area contributed by atoms with E-state index in [1.807, 2.05) is 24.3 Å². The summed E-state index contributed by atoms with van der Waals surface area (Å²) in [6.45, 7) is 0. The van der Waals surface area contributed by atoms with Crippen LogP contribution in [0.3, 0.4) is 0 Å². The number of para-hydroxylation sites is 2. The van der Waals surface area contributed by atoms with Crippen molar-refractivity contribution in [3.8, 4) is 33.6 Å². The maximum atomic E-state index is 7.05. The average Bonchev–Trinajstić information content (AvgIpc) is 3.84. The molecule has 3 heteroatoms. The Hall–Kier alpha value is -6.58. The smallest absolute Gasteiger partial charge is 0.144 e. The highest BCUT2D eigenvalue weighted by atomic mass is 16.3. The molecule has 3 aromatic heterocycles. The van der Waals surface area contributed by atoms with Gasteiger partial charge in [-0.15, -0.1) is 0 Å². The van der Waals surface area contributed by atoms with Gasteiger partial charge in [0.15, 0.2) is 0 Å². The van der Waals surface area contributed by atoms with E-state index in [1.165, 1.54) is 5.56 Å². The second-order valence-electron chi connectivity index (χ2n) is 12.7. The van der Waals surface area contributed by atoms with E-state index >= 15 is 0 Å². The molecule has 0 N–H and O–H groups in total. The quantitative estimate of drug-likeness (QED) is 0.183. The zero-order chi connectivity index (χ0) is 32.1. The molecule has 0 aliphatic carbocycles. The molecule has 3 nitrogen and oxygen atoms in total. The van der Waals surface area contributed by atoms with E-state index in [9.17, 15) is 0 Å². The van der Waals surface area contributed by atoms with Gasteiger partial charge in [0, 0.05) is 44.1 Å². The minimum atomic E-state index is 0.798. The predicted octanol–water partition coefficient (Wildman–Crippen LogP) is 13.5. The number of furan rings is 3. The van der Waals surface area contributed by atoms with Crippen LogP contribution in [0.1, 0.15) is 0 Å². The van der Waals surface area contributed by atoms with Crippen molar-refractivity contribution in [3.05, 3.63) is 158 Å². The average molecular weight is 627 g/mol. The summed E-state index contributed by atoms with van der Waals surface area (Å²) >= 11 is 0. The van der Waals surface area contributed by atoms with Crippen LogP contribution in [0.15, 0.2) is 171 Å². The lowest BCUT2D eigenvalue weighted by molar-refractivity contribution is 0.630. The first-order chi connectivity index (χ1) is 24.3. The molecule has 0 saturated carbocycles. The van der Waals surface area contributed by atoms with Crippen molar-refractivity contribution in [1.82, 2.24) is 0 Å². The fourth-order valence-corrected chi connectivity index (χ4v) is 8.03. The molecule has 0 aliphatic heterocycles. The topological polar surface area (TPSA) is 39.4 Å². The second kappa shape index (κ2) is 9.96. The summed E-state index contributed by atoms with van der Waals surface area (Å²) in [5, 5.41) is 10.1. The van der Waals surface area contributed by atoms with Crippen LogP contribution >= 0.6 is 0 Å². The van der Waals surface area contributed by atoms with Crippen molar-refractivity contribution in [1.29, 1.82) is 0 Å². The van der Waals surface area contributed by atoms with Gasteiger partial charge in [0.25, 0.3) is 0 Å². The molecule has 0 radical (unpaired) electrons. The Balaban J connectivity index is 1.30. The van der Waals surface area contributed by atoms with Gasteiger partial charge < -0.3 is 13.3 Å². The van der Waals surface area contributed by atoms with Gasteiger partial charge in [-0.3, -0.25) is 0 Å². The van der Waals surface area contributed by atoms with Crippen LogP contribution in [0.25, 0.3) is 110 Å². The Morgan fingerprint density at radius 2 is 0.816 bits per heavy atom. The van der Waals surface area contributed by atoms with E-state index < -0.39 is 0 Å². The molecule has 0 saturated heterocycles. The van der Waals surface area contributed by atoms with Gasteiger partial charge in [0.2, 0.25) is 0 Å². The number of rotatable bonds is 3. The Morgan fingerprint density at radius 3 is 1.53 bits per heavy atom. The molecule has 8 aromatic carbocycles. The zero-order valence-corrected chi connectivity index (χ0v) is 26.2. The van der Waals surface area contributed by atoms with E-state index in [0.29, 0.717) is 0 Å². The third-order valence-electron chi connectivity index (χ3n) is 10.1. The number of benzene rings is 8. The molecule has 0 unspecified atom stereocenters. The maximum Gasteiger partial charge on any atom is 0.144 e. The van der Waals surface area contributed by atoms with Crippen LogP contribution in [0.2, 0.25) is 0 Å². The van der Waals surface area contributed by atoms with Crippen molar-refractivity contribution < 1.29 is 13.3 Å². The highest BCUT2D eigenvalue weighted by Crippen LogP contribution is 2.51. The molecule has 11 aromatic rings. The fourth-order valence-electron chi connectivity index (χ4n) is 8.03. The summed E-state index contributed by atoms with van der Waals surface area (Å²) in [6.07, 6.45) is 0. The third kappa shape index (κ3) is 3.73. The SMILES string of the molecule is c1ccc(-c2c(-c3c4ccccc4c(-c4cccc5oc6ccccc6c45)c4ccccc34)oc3cc4oc5ccccc5c4cc23)cc1. The van der Waals surface area contributed by atoms with Gasteiger partial charge in [-0.1, -0.05) is 127 Å². The van der Waals surface area contributed by atoms with Crippen molar-refractivity contribution in [3.63, 3.8) is 0 Å². The van der Waals surface area contributed by atoms with Crippen LogP contribution in [-0.2, 0) is 0 Å². The monoisotopic (exact) mass is 626 g/mol. The van der Waals surface area contributed by atoms with Crippen molar-refractivity contribution in [2.24, 2.45) is 0 Å². The molecular formula is C46H26O3. The molecule has 0 bridgehead atoms. The van der Waals surface area contributed by atoms with E-state index in [2.05, 4.69) is 133 Å². The third-order valence-corrected chi connectivity index (χ3v) is 10.1. The van der Waals surface area contributed by atoms with Gasteiger partial charge in [0.05, 0.1) is 0 Å². The van der Waals surface area contributed by atoms with E-state index in [-0.39, 0.29) is 0 Å². The largest absolute Gasteiger partial charge is 0.456 e. The molecule has 0 amide bonds. The lowest BCUT2D eigenvalue weighted by Crippen LogP contribution is -1.91. The number of fused-ring (bicyclic) bond motifs is 9. The molecule has 0 aliphatic rings. The van der Waals surface area contributed by atoms with Crippen molar-refractivity contribution in [2.75, 3.05) is 0 Å². The predicted molar refractivity (Wildman–Crippen MR) is 202 cm³/mol. The van der Waals surface area contributed by atoms with E-state index in [4.69, 9.17) is 13.3 Å². The Morgan fingerprint density at radius 1 is 0.286 bits per heavy atom. The molecule has 3 heterocycles. The summed E-state index contributed by atoms with van der Waals surface area (Å²) in [5.74, 6) is 0.851. The van der Waals surface area contributed by atoms with E-state index in [1.54, 1.807) is 0 Å². The summed E-state index contributed by atoms with van der Waals surface area (Å²) in [7, 11) is 0. The summed E-state index contributed by atoms with van der Waals surface area (Å²) in [6, 6.07) is 55.3. The standard InChI is InChI=1S/C46H26O3/c1-2-13-27(14-3-1)42-36-25-35-28-15-8-10-22-37(28)48-40(35)26-41(36)49-46(42)45-31-18-6-4-16-29(31)43(30-17-5-7-19-32(30)45)34-21-12-24-39-44(34)33-20-9-11-23-38(33)47-39/h1-26H. The number of hydrogen-bond donors (Lipinski definition) is 0. The first kappa shape index (κ1) is 26.5. The lowest BCUT2D eigenvalue weighted by atomic mass is 9.85. The Labute approximate surface area is 280 Å². The van der Waals surface area contributed by atoms with Gasteiger partial charge in [-0.25, -0.2) is 0 Å². The molecule has 49 heavy (non-hydrogen) atoms. The Kier molecular flexibility index (Phi) is 5.38. The summed E-state index contributed by atoms with van der Waals surface area (Å²) < 4.78 is 19.7. The second-order valence-corrected chi connectivity index (χ2v) is 12.7. The molecule has 0 spiro atoms. The highest BCUT2D eigenvalue weighted by molar-refractivity contribution is 6.27. The Bertz CT molecular complexity index is 3040. The van der Waals surface area contributed by atoms with Crippen LogP contribution < -0.4 is 0 Å². The minimum Gasteiger partial charge on any atom is -0.456 e. The minimum absolute atomic E-state index is 0.798. The van der Waals surface area contributed by atoms with Gasteiger partial charge >= 0.3 is 0 Å². The van der Waals surface area contributed by atoms with Crippen LogP contribution in [-0.4, -0.2) is 0 Å². The maximum absolute atomic E-state index is 7.05. The van der Waals surface area contributed by atoms with Crippen molar-refractivity contribution in [2.45, 2.75) is 0 Å². The lowest BCUT2D eigenvalue weighted by Gasteiger charge is -2.18. The van der Waals surface area contributed by atoms with Crippen LogP contribution in [0, 0.1) is 0 Å². The normalized spacial score (nSPS) is 12.1. The van der Waals surface area contributed by atoms with Gasteiger partial charge in [-0.05, 0) is 62.5 Å². The summed E-state index contributed by atoms with van der Waals surface area (Å²) in [5.41, 5.74) is 9.88. The summed E-state index contributed by atoms with van der Waals surface area (Å²) in [4.78, 5) is 0. The first-order valence-corrected chi connectivity index (χ1v) is 16.6. The zero-order valence-electron chi connectivity index (χ0n) is 26.2. The van der Waals surface area contributed by atoms with Gasteiger partial charge in [0.1, 0.15) is 33.7 Å². The molecule has 228 valence electrons. The molecule has 11 rings (SSSR count). The van der Waals surface area contributed by atoms with E-state index in [0.717, 1.165) is 104 Å². The molecule has 0 atom stereocenters. The van der Waals surface area contributed by atoms with Gasteiger partial charge in [-0.2, -0.15) is 0 Å². The first-order valence-electron chi connectivity index (χ1n) is 16.6. The molecule has 0 fully saturated rings. The number of hydrogen-bond acceptors (Lipinski definition) is 3. The van der Waals surface area contributed by atoms with Crippen molar-refractivity contribution >= 4 is 76.4 Å². The highest BCUT2D eigenvalue weighted by Gasteiger charge is 2.26. The van der Waals surface area contributed by atoms with Crippen LogP contribution in [0.5, 0.6) is 0 Å².